The lowest BCUT2D eigenvalue weighted by Crippen LogP contribution is -2.36. The van der Waals surface area contributed by atoms with E-state index in [2.05, 4.69) is 19.1 Å². The summed E-state index contributed by atoms with van der Waals surface area (Å²) < 4.78 is 23.4. The fourth-order valence-electron chi connectivity index (χ4n) is 4.59. The van der Waals surface area contributed by atoms with Gasteiger partial charge < -0.3 is 4.90 Å². The molecule has 5 heteroatoms. The van der Waals surface area contributed by atoms with Crippen molar-refractivity contribution in [2.45, 2.75) is 44.9 Å². The number of anilines is 1. The van der Waals surface area contributed by atoms with E-state index in [1.165, 1.54) is 5.56 Å². The van der Waals surface area contributed by atoms with Gasteiger partial charge in [0.25, 0.3) is 0 Å². The van der Waals surface area contributed by atoms with Gasteiger partial charge in [0.05, 0.1) is 11.5 Å². The first-order chi connectivity index (χ1) is 11.4. The number of benzene rings is 1. The lowest BCUT2D eigenvalue weighted by molar-refractivity contribution is -0.120. The average molecular weight is 347 g/mol. The fraction of sp³-hybridized carbons (Fsp3) is 0.632. The Hall–Kier alpha value is -1.36. The number of hydrogen-bond donors (Lipinski definition) is 0. The molecule has 2 atom stereocenters. The quantitative estimate of drug-likeness (QED) is 0.784. The van der Waals surface area contributed by atoms with Gasteiger partial charge in [-0.25, -0.2) is 8.42 Å². The second-order valence-corrected chi connectivity index (χ2v) is 10.2. The summed E-state index contributed by atoms with van der Waals surface area (Å²) in [5, 5.41) is 0. The van der Waals surface area contributed by atoms with Gasteiger partial charge in [-0.15, -0.1) is 0 Å². The Bertz CT molecular complexity index is 757. The molecule has 1 aromatic rings. The largest absolute Gasteiger partial charge is 0.312 e. The smallest absolute Gasteiger partial charge is 0.230 e. The van der Waals surface area contributed by atoms with Crippen molar-refractivity contribution in [3.8, 4) is 0 Å². The van der Waals surface area contributed by atoms with E-state index in [1.807, 2.05) is 17.0 Å². The van der Waals surface area contributed by atoms with Crippen LogP contribution < -0.4 is 4.90 Å². The maximum atomic E-state index is 13.2. The second-order valence-electron chi connectivity index (χ2n) is 7.86. The molecule has 1 aliphatic carbocycles. The van der Waals surface area contributed by atoms with Crippen molar-refractivity contribution in [3.63, 3.8) is 0 Å². The predicted octanol–water partition coefficient (Wildman–Crippen LogP) is 3.13. The summed E-state index contributed by atoms with van der Waals surface area (Å²) in [6, 6.07) is 8.26. The van der Waals surface area contributed by atoms with Crippen LogP contribution in [0.3, 0.4) is 0 Å². The highest BCUT2D eigenvalue weighted by Crippen LogP contribution is 2.60. The third-order valence-electron chi connectivity index (χ3n) is 6.35. The Kier molecular flexibility index (Phi) is 3.75. The van der Waals surface area contributed by atoms with Gasteiger partial charge in [-0.1, -0.05) is 25.1 Å². The molecule has 0 aromatic heterocycles. The number of nitrogens with zero attached hydrogens (tertiary/aromatic N) is 1. The minimum Gasteiger partial charge on any atom is -0.312 e. The van der Waals surface area contributed by atoms with Crippen LogP contribution in [0.25, 0.3) is 0 Å². The first kappa shape index (κ1) is 16.1. The van der Waals surface area contributed by atoms with Crippen LogP contribution in [-0.2, 0) is 14.6 Å². The van der Waals surface area contributed by atoms with E-state index in [0.29, 0.717) is 18.8 Å². The van der Waals surface area contributed by atoms with Crippen LogP contribution in [0.4, 0.5) is 5.69 Å². The van der Waals surface area contributed by atoms with Gasteiger partial charge in [0.2, 0.25) is 5.91 Å². The highest BCUT2D eigenvalue weighted by atomic mass is 32.2. The van der Waals surface area contributed by atoms with Gasteiger partial charge in [0, 0.05) is 18.2 Å². The lowest BCUT2D eigenvalue weighted by Gasteiger charge is -2.27. The van der Waals surface area contributed by atoms with E-state index in [9.17, 15) is 13.2 Å². The summed E-state index contributed by atoms with van der Waals surface area (Å²) in [6.07, 6.45) is 4.33. The minimum absolute atomic E-state index is 0.0227. The molecule has 2 heterocycles. The molecule has 1 saturated carbocycles. The highest BCUT2D eigenvalue weighted by molar-refractivity contribution is 7.91. The van der Waals surface area contributed by atoms with Gasteiger partial charge in [-0.2, -0.15) is 0 Å². The molecule has 1 saturated heterocycles. The van der Waals surface area contributed by atoms with Gasteiger partial charge in [0.15, 0.2) is 0 Å². The average Bonchev–Trinajstić information content (AvgIpc) is 3.31. The highest BCUT2D eigenvalue weighted by Gasteiger charge is 2.60. The summed E-state index contributed by atoms with van der Waals surface area (Å²) in [4.78, 5) is 15.2. The Labute approximate surface area is 144 Å². The molecule has 0 bridgehead atoms. The normalized spacial score (nSPS) is 30.5. The topological polar surface area (TPSA) is 54.5 Å². The number of hydrogen-bond acceptors (Lipinski definition) is 3. The molecule has 2 aliphatic heterocycles. The van der Waals surface area contributed by atoms with E-state index in [1.54, 1.807) is 0 Å². The van der Waals surface area contributed by atoms with Crippen molar-refractivity contribution in [2.75, 3.05) is 23.0 Å². The van der Waals surface area contributed by atoms with Crippen LogP contribution in [0.1, 0.15) is 50.5 Å². The van der Waals surface area contributed by atoms with Crippen molar-refractivity contribution in [3.05, 3.63) is 29.8 Å². The molecular formula is C19H25NO3S. The van der Waals surface area contributed by atoms with Gasteiger partial charge in [0.1, 0.15) is 9.84 Å². The fourth-order valence-corrected chi connectivity index (χ4v) is 6.23. The van der Waals surface area contributed by atoms with Crippen LogP contribution >= 0.6 is 0 Å². The van der Waals surface area contributed by atoms with Crippen molar-refractivity contribution in [2.24, 2.45) is 11.3 Å². The molecule has 130 valence electrons. The first-order valence-electron chi connectivity index (χ1n) is 9.03. The number of sulfone groups is 1. The van der Waals surface area contributed by atoms with Crippen LogP contribution in [-0.4, -0.2) is 32.4 Å². The summed E-state index contributed by atoms with van der Waals surface area (Å²) in [7, 11) is -2.87. The molecular weight excluding hydrogens is 322 g/mol. The van der Waals surface area contributed by atoms with Crippen LogP contribution in [0, 0.1) is 11.3 Å². The standard InChI is InChI=1S/C19H25NO3S/c1-14-5-4-10-20(17-7-3-2-6-15(14)17)18(21)16-13-19(16)8-11-24(22,23)12-9-19/h2-3,6-7,14,16H,4-5,8-13H2,1H3/t14-,16+/m1/s1. The zero-order chi connectivity index (χ0) is 16.9. The van der Waals surface area contributed by atoms with Crippen LogP contribution in [0.2, 0.25) is 0 Å². The van der Waals surface area contributed by atoms with Crippen molar-refractivity contribution in [1.29, 1.82) is 0 Å². The predicted molar refractivity (Wildman–Crippen MR) is 94.9 cm³/mol. The SMILES string of the molecule is C[C@@H]1CCCN(C(=O)[C@@H]2CC23CCS(=O)(=O)CC3)c2ccccc21. The van der Waals surface area contributed by atoms with E-state index in [-0.39, 0.29) is 28.7 Å². The Morgan fingerprint density at radius 3 is 2.67 bits per heavy atom. The molecule has 24 heavy (non-hydrogen) atoms. The molecule has 1 spiro atoms. The molecule has 1 aromatic carbocycles. The van der Waals surface area contributed by atoms with Crippen molar-refractivity contribution in [1.82, 2.24) is 0 Å². The number of rotatable bonds is 1. The van der Waals surface area contributed by atoms with E-state index in [0.717, 1.165) is 31.5 Å². The molecule has 3 aliphatic rings. The molecule has 1 amide bonds. The maximum absolute atomic E-state index is 13.2. The zero-order valence-electron chi connectivity index (χ0n) is 14.2. The molecule has 2 fully saturated rings. The number of carbonyl (C=O) groups excluding carboxylic acids is 1. The van der Waals surface area contributed by atoms with Crippen molar-refractivity contribution >= 4 is 21.4 Å². The number of fused-ring (bicyclic) bond motifs is 1. The zero-order valence-corrected chi connectivity index (χ0v) is 15.0. The van der Waals surface area contributed by atoms with E-state index < -0.39 is 9.84 Å². The summed E-state index contributed by atoms with van der Waals surface area (Å²) in [6.45, 7) is 3.02. The first-order valence-corrected chi connectivity index (χ1v) is 10.8. The Balaban J connectivity index is 1.57. The maximum Gasteiger partial charge on any atom is 0.230 e. The van der Waals surface area contributed by atoms with E-state index >= 15 is 0 Å². The number of amides is 1. The van der Waals surface area contributed by atoms with Gasteiger partial charge >= 0.3 is 0 Å². The molecule has 0 unspecified atom stereocenters. The molecule has 0 N–H and O–H groups in total. The molecule has 0 radical (unpaired) electrons. The Morgan fingerprint density at radius 2 is 1.92 bits per heavy atom. The van der Waals surface area contributed by atoms with Crippen LogP contribution in [0.15, 0.2) is 24.3 Å². The summed E-state index contributed by atoms with van der Waals surface area (Å²) in [5.74, 6) is 1.23. The monoisotopic (exact) mass is 347 g/mol. The Morgan fingerprint density at radius 1 is 1.21 bits per heavy atom. The minimum atomic E-state index is -2.87. The number of para-hydroxylation sites is 1. The second kappa shape index (κ2) is 5.58. The third-order valence-corrected chi connectivity index (χ3v) is 8.01. The third kappa shape index (κ3) is 2.67. The molecule has 4 rings (SSSR count). The van der Waals surface area contributed by atoms with Crippen LogP contribution in [0.5, 0.6) is 0 Å². The summed E-state index contributed by atoms with van der Waals surface area (Å²) >= 11 is 0. The lowest BCUT2D eigenvalue weighted by atomic mass is 9.95. The van der Waals surface area contributed by atoms with Crippen molar-refractivity contribution < 1.29 is 13.2 Å². The van der Waals surface area contributed by atoms with E-state index in [4.69, 9.17) is 0 Å². The van der Waals surface area contributed by atoms with Gasteiger partial charge in [-0.3, -0.25) is 4.79 Å². The summed E-state index contributed by atoms with van der Waals surface area (Å²) in [5.41, 5.74) is 2.30. The van der Waals surface area contributed by atoms with Gasteiger partial charge in [-0.05, 0) is 55.1 Å². The number of carbonyl (C=O) groups is 1. The molecule has 4 nitrogen and oxygen atoms in total.